The highest BCUT2D eigenvalue weighted by Crippen LogP contribution is 2.44. The van der Waals surface area contributed by atoms with Gasteiger partial charge in [0.15, 0.2) is 5.11 Å². The quantitative estimate of drug-likeness (QED) is 0.248. The second-order valence-corrected chi connectivity index (χ2v) is 11.6. The molecule has 2 atom stereocenters. The lowest BCUT2D eigenvalue weighted by atomic mass is 9.96. The first-order valence-corrected chi connectivity index (χ1v) is 15.3. The number of amides is 1. The molecule has 8 nitrogen and oxygen atoms in total. The van der Waals surface area contributed by atoms with Gasteiger partial charge < -0.3 is 29.7 Å². The molecular weight excluding hydrogens is 556 g/mol. The standard InChI is InChI=1S/C34H38N6O2S/c1-5-31(41)36-29-14-13-27(20-22(29)2)40-33(32(37-34(40)43)30-8-6-7-15-35-30)28-21-23(3)39(24(28)4)26-11-9-25(10-12-26)38-16-18-42-19-17-38/h6-15,20-21,32-33H,5,16-19H2,1-4H3,(H,36,41)(H,37,43)/t32-,33+/m0/s1. The van der Waals surface area contributed by atoms with Gasteiger partial charge in [-0.05, 0) is 105 Å². The summed E-state index contributed by atoms with van der Waals surface area (Å²) in [5.41, 5.74) is 9.51. The Morgan fingerprint density at radius 1 is 1.00 bits per heavy atom. The van der Waals surface area contributed by atoms with Gasteiger partial charge >= 0.3 is 0 Å². The van der Waals surface area contributed by atoms with Gasteiger partial charge in [0.05, 0.1) is 31.0 Å². The molecule has 2 aromatic carbocycles. The third-order valence-electron chi connectivity index (χ3n) is 8.45. The Hall–Kier alpha value is -4.21. The van der Waals surface area contributed by atoms with Gasteiger partial charge in [-0.1, -0.05) is 13.0 Å². The summed E-state index contributed by atoms with van der Waals surface area (Å²) >= 11 is 5.99. The van der Waals surface area contributed by atoms with E-state index in [1.54, 1.807) is 0 Å². The van der Waals surface area contributed by atoms with Gasteiger partial charge in [-0.15, -0.1) is 0 Å². The van der Waals surface area contributed by atoms with Crippen molar-refractivity contribution in [2.75, 3.05) is 41.4 Å². The van der Waals surface area contributed by atoms with Crippen LogP contribution in [0.25, 0.3) is 5.69 Å². The fourth-order valence-electron chi connectivity index (χ4n) is 6.24. The highest BCUT2D eigenvalue weighted by Gasteiger charge is 2.42. The average molecular weight is 595 g/mol. The number of carbonyl (C=O) groups excluding carboxylic acids is 1. The van der Waals surface area contributed by atoms with Crippen LogP contribution < -0.4 is 20.4 Å². The number of ether oxygens (including phenoxy) is 1. The predicted octanol–water partition coefficient (Wildman–Crippen LogP) is 6.16. The molecule has 0 aliphatic carbocycles. The molecule has 6 rings (SSSR count). The molecule has 4 aromatic rings. The van der Waals surface area contributed by atoms with Crippen molar-refractivity contribution in [3.05, 3.63) is 101 Å². The van der Waals surface area contributed by atoms with Crippen molar-refractivity contribution < 1.29 is 9.53 Å². The van der Waals surface area contributed by atoms with Crippen molar-refractivity contribution >= 4 is 40.3 Å². The van der Waals surface area contributed by atoms with Crippen LogP contribution in [-0.4, -0.2) is 46.9 Å². The van der Waals surface area contributed by atoms with E-state index < -0.39 is 0 Å². The van der Waals surface area contributed by atoms with Crippen molar-refractivity contribution in [3.8, 4) is 5.69 Å². The van der Waals surface area contributed by atoms with E-state index in [4.69, 9.17) is 21.9 Å². The van der Waals surface area contributed by atoms with E-state index in [0.717, 1.165) is 66.0 Å². The number of thiocarbonyl (C=S) groups is 1. The second-order valence-electron chi connectivity index (χ2n) is 11.2. The fraction of sp³-hybridized carbons (Fsp3) is 0.324. The number of anilines is 3. The predicted molar refractivity (Wildman–Crippen MR) is 176 cm³/mol. The molecule has 2 saturated heterocycles. The Morgan fingerprint density at radius 2 is 1.72 bits per heavy atom. The van der Waals surface area contributed by atoms with Gasteiger partial charge in [-0.25, -0.2) is 0 Å². The smallest absolute Gasteiger partial charge is 0.224 e. The van der Waals surface area contributed by atoms with Crippen LogP contribution in [0.5, 0.6) is 0 Å². The normalized spacial score (nSPS) is 18.6. The topological polar surface area (TPSA) is 74.7 Å². The van der Waals surface area contributed by atoms with Gasteiger partial charge in [-0.2, -0.15) is 0 Å². The summed E-state index contributed by atoms with van der Waals surface area (Å²) in [4.78, 5) is 21.4. The van der Waals surface area contributed by atoms with Crippen LogP contribution >= 0.6 is 12.2 Å². The zero-order chi connectivity index (χ0) is 30.1. The number of nitrogens with one attached hydrogen (secondary N) is 2. The number of nitrogens with zero attached hydrogens (tertiary/aromatic N) is 4. The maximum atomic E-state index is 12.1. The average Bonchev–Trinajstić information content (AvgIpc) is 3.53. The Kier molecular flexibility index (Phi) is 8.19. The number of rotatable bonds is 7. The summed E-state index contributed by atoms with van der Waals surface area (Å²) in [5.74, 6) is -0.00674. The molecule has 2 aliphatic heterocycles. The highest BCUT2D eigenvalue weighted by molar-refractivity contribution is 7.80. The lowest BCUT2D eigenvalue weighted by Gasteiger charge is -2.29. The van der Waals surface area contributed by atoms with Crippen molar-refractivity contribution in [1.29, 1.82) is 0 Å². The lowest BCUT2D eigenvalue weighted by molar-refractivity contribution is -0.115. The van der Waals surface area contributed by atoms with Crippen LogP contribution in [-0.2, 0) is 9.53 Å². The van der Waals surface area contributed by atoms with Gasteiger partial charge in [0, 0.05) is 59.8 Å². The number of hydrogen-bond donors (Lipinski definition) is 2. The SMILES string of the molecule is CCC(=O)Nc1ccc(N2C(=S)N[C@@H](c3ccccn3)[C@H]2c2cc(C)n(-c3ccc(N4CCOCC4)cc3)c2C)cc1C. The third kappa shape index (κ3) is 5.62. The zero-order valence-corrected chi connectivity index (χ0v) is 25.9. The van der Waals surface area contributed by atoms with Crippen molar-refractivity contribution in [3.63, 3.8) is 0 Å². The van der Waals surface area contributed by atoms with Gasteiger partial charge in [-0.3, -0.25) is 9.78 Å². The second kappa shape index (κ2) is 12.2. The first-order valence-electron chi connectivity index (χ1n) is 14.9. The molecule has 9 heteroatoms. The molecule has 2 N–H and O–H groups in total. The summed E-state index contributed by atoms with van der Waals surface area (Å²) in [6, 6.07) is 22.9. The Balaban J connectivity index is 1.40. The van der Waals surface area contributed by atoms with Crippen LogP contribution in [0, 0.1) is 20.8 Å². The van der Waals surface area contributed by atoms with E-state index in [9.17, 15) is 4.79 Å². The lowest BCUT2D eigenvalue weighted by Crippen LogP contribution is -2.36. The molecule has 0 spiro atoms. The summed E-state index contributed by atoms with van der Waals surface area (Å²) in [7, 11) is 0. The third-order valence-corrected chi connectivity index (χ3v) is 8.77. The minimum atomic E-state index is -0.147. The molecular formula is C34H38N6O2S. The Bertz CT molecular complexity index is 1630. The van der Waals surface area contributed by atoms with Gasteiger partial charge in [0.2, 0.25) is 5.91 Å². The highest BCUT2D eigenvalue weighted by atomic mass is 32.1. The number of hydrogen-bond acceptors (Lipinski definition) is 5. The fourth-order valence-corrected chi connectivity index (χ4v) is 6.59. The van der Waals surface area contributed by atoms with Crippen LogP contribution in [0.15, 0.2) is 72.9 Å². The molecule has 43 heavy (non-hydrogen) atoms. The maximum absolute atomic E-state index is 12.1. The summed E-state index contributed by atoms with van der Waals surface area (Å²) in [6.45, 7) is 11.6. The molecule has 0 radical (unpaired) electrons. The molecule has 0 bridgehead atoms. The maximum Gasteiger partial charge on any atom is 0.224 e. The molecule has 2 aliphatic rings. The minimum Gasteiger partial charge on any atom is -0.378 e. The van der Waals surface area contributed by atoms with E-state index in [1.165, 1.54) is 11.3 Å². The van der Waals surface area contributed by atoms with Crippen LogP contribution in [0.3, 0.4) is 0 Å². The van der Waals surface area contributed by atoms with Crippen molar-refractivity contribution in [2.24, 2.45) is 0 Å². The molecule has 2 aromatic heterocycles. The van der Waals surface area contributed by atoms with Crippen LogP contribution in [0.2, 0.25) is 0 Å². The van der Waals surface area contributed by atoms with Crippen LogP contribution in [0.4, 0.5) is 17.1 Å². The molecule has 2 fully saturated rings. The van der Waals surface area contributed by atoms with E-state index in [2.05, 4.69) is 81.3 Å². The number of aryl methyl sites for hydroxylation is 2. The largest absolute Gasteiger partial charge is 0.378 e. The molecule has 4 heterocycles. The van der Waals surface area contributed by atoms with E-state index in [1.807, 2.05) is 44.3 Å². The number of carbonyl (C=O) groups is 1. The molecule has 0 saturated carbocycles. The van der Waals surface area contributed by atoms with E-state index >= 15 is 0 Å². The molecule has 1 amide bonds. The summed E-state index contributed by atoms with van der Waals surface area (Å²) < 4.78 is 7.85. The monoisotopic (exact) mass is 594 g/mol. The number of benzene rings is 2. The number of pyridine rings is 1. The minimum absolute atomic E-state index is 0.00674. The zero-order valence-electron chi connectivity index (χ0n) is 25.1. The molecule has 222 valence electrons. The van der Waals surface area contributed by atoms with Crippen molar-refractivity contribution in [2.45, 2.75) is 46.2 Å². The van der Waals surface area contributed by atoms with Gasteiger partial charge in [0.25, 0.3) is 0 Å². The first kappa shape index (κ1) is 28.9. The summed E-state index contributed by atoms with van der Waals surface area (Å²) in [5, 5.41) is 7.23. The summed E-state index contributed by atoms with van der Waals surface area (Å²) in [6.07, 6.45) is 2.26. The van der Waals surface area contributed by atoms with Gasteiger partial charge in [0.1, 0.15) is 0 Å². The van der Waals surface area contributed by atoms with E-state index in [-0.39, 0.29) is 18.0 Å². The number of aromatic nitrogens is 2. The van der Waals surface area contributed by atoms with Crippen molar-refractivity contribution in [1.82, 2.24) is 14.9 Å². The Labute approximate surface area is 258 Å². The molecule has 0 unspecified atom stereocenters. The first-order chi connectivity index (χ1) is 20.9. The van der Waals surface area contributed by atoms with E-state index in [0.29, 0.717) is 11.5 Å². The Morgan fingerprint density at radius 3 is 2.40 bits per heavy atom. The number of morpholine rings is 1. The van der Waals surface area contributed by atoms with Crippen LogP contribution in [0.1, 0.15) is 53.6 Å².